The molecule has 30 heavy (non-hydrogen) atoms. The first kappa shape index (κ1) is 21.1. The number of aromatic nitrogens is 2. The zero-order valence-electron chi connectivity index (χ0n) is 17.1. The quantitative estimate of drug-likeness (QED) is 0.429. The van der Waals surface area contributed by atoms with Crippen LogP contribution >= 0.6 is 0 Å². The van der Waals surface area contributed by atoms with Crippen LogP contribution < -0.4 is 10.6 Å². The van der Waals surface area contributed by atoms with Crippen molar-refractivity contribution in [2.45, 2.75) is 0 Å². The summed E-state index contributed by atoms with van der Waals surface area (Å²) in [5.74, 6) is 1.15. The second-order valence-corrected chi connectivity index (χ2v) is 6.51. The van der Waals surface area contributed by atoms with Crippen molar-refractivity contribution in [3.05, 3.63) is 54.0 Å². The van der Waals surface area contributed by atoms with Crippen molar-refractivity contribution in [1.82, 2.24) is 9.97 Å². The van der Waals surface area contributed by atoms with E-state index in [-0.39, 0.29) is 5.71 Å². The summed E-state index contributed by atoms with van der Waals surface area (Å²) in [5, 5.41) is 8.67. The Hall–Kier alpha value is -3.59. The fraction of sp³-hybridized carbons (Fsp3) is 0.286. The Morgan fingerprint density at radius 3 is 2.77 bits per heavy atom. The third-order valence-electron chi connectivity index (χ3n) is 4.66. The Balaban J connectivity index is 1.86. The second-order valence-electron chi connectivity index (χ2n) is 6.51. The lowest BCUT2D eigenvalue weighted by molar-refractivity contribution is 0.122. The van der Waals surface area contributed by atoms with Gasteiger partial charge < -0.3 is 20.1 Å². The molecule has 2 heterocycles. The standard InChI is InChI=1S/C21H25N7O2/c1-14(25-12-20(24-2)29-3)15-4-5-17(22)16(10-15)21(23)18-11-19(27-13-26-18)28-6-8-30-9-7-28/h4-5,10-13,23H,1,6-9,22H2,2-3H3. The van der Waals surface area contributed by atoms with Crippen LogP contribution in [0, 0.1) is 5.41 Å². The summed E-state index contributed by atoms with van der Waals surface area (Å²) < 4.78 is 10.5. The van der Waals surface area contributed by atoms with Gasteiger partial charge in [0.25, 0.3) is 0 Å². The van der Waals surface area contributed by atoms with Crippen molar-refractivity contribution >= 4 is 35.0 Å². The number of nitrogens with zero attached hydrogens (tertiary/aromatic N) is 5. The maximum absolute atomic E-state index is 8.67. The SMILES string of the molecule is C=C(N=CC(=NC)OC)c1ccc(N)c(C(=N)c2cc(N3CCOCC3)ncn2)c1. The van der Waals surface area contributed by atoms with Crippen LogP contribution in [0.2, 0.25) is 0 Å². The molecule has 0 bridgehead atoms. The van der Waals surface area contributed by atoms with E-state index < -0.39 is 0 Å². The number of rotatable bonds is 6. The van der Waals surface area contributed by atoms with E-state index in [2.05, 4.69) is 31.4 Å². The third-order valence-corrected chi connectivity index (χ3v) is 4.66. The van der Waals surface area contributed by atoms with E-state index in [9.17, 15) is 0 Å². The summed E-state index contributed by atoms with van der Waals surface area (Å²) in [7, 11) is 3.13. The zero-order chi connectivity index (χ0) is 21.5. The number of methoxy groups -OCH3 is 1. The number of morpholine rings is 1. The van der Waals surface area contributed by atoms with Crippen LogP contribution in [0.3, 0.4) is 0 Å². The van der Waals surface area contributed by atoms with Gasteiger partial charge in [0.05, 0.1) is 43.6 Å². The molecule has 2 aromatic rings. The molecule has 0 aliphatic carbocycles. The van der Waals surface area contributed by atoms with E-state index in [0.29, 0.717) is 41.8 Å². The van der Waals surface area contributed by atoms with Crippen LogP contribution in [-0.2, 0) is 9.47 Å². The number of anilines is 2. The van der Waals surface area contributed by atoms with Crippen molar-refractivity contribution in [3.63, 3.8) is 0 Å². The van der Waals surface area contributed by atoms with E-state index in [1.54, 1.807) is 31.3 Å². The average molecular weight is 407 g/mol. The monoisotopic (exact) mass is 407 g/mol. The molecule has 0 radical (unpaired) electrons. The van der Waals surface area contributed by atoms with Gasteiger partial charge in [-0.15, -0.1) is 0 Å². The summed E-state index contributed by atoms with van der Waals surface area (Å²) in [5.41, 5.74) is 9.10. The lowest BCUT2D eigenvalue weighted by Crippen LogP contribution is -2.36. The van der Waals surface area contributed by atoms with Crippen LogP contribution in [0.25, 0.3) is 5.70 Å². The highest BCUT2D eigenvalue weighted by Gasteiger charge is 2.16. The van der Waals surface area contributed by atoms with Gasteiger partial charge in [0.15, 0.2) is 0 Å². The molecule has 3 rings (SSSR count). The molecule has 0 atom stereocenters. The predicted molar refractivity (Wildman–Crippen MR) is 120 cm³/mol. The Bertz CT molecular complexity index is 995. The van der Waals surface area contributed by atoms with Gasteiger partial charge in [-0.2, -0.15) is 0 Å². The number of nitrogens with two attached hydrogens (primary N) is 1. The Morgan fingerprint density at radius 1 is 1.30 bits per heavy atom. The first-order valence-corrected chi connectivity index (χ1v) is 9.41. The third kappa shape index (κ3) is 4.87. The Labute approximate surface area is 175 Å². The molecule has 9 heteroatoms. The molecule has 0 saturated carbocycles. The number of hydrogen-bond donors (Lipinski definition) is 2. The van der Waals surface area contributed by atoms with Crippen LogP contribution in [0.5, 0.6) is 0 Å². The lowest BCUT2D eigenvalue weighted by atomic mass is 10.0. The number of nitrogen functional groups attached to an aromatic ring is 1. The lowest BCUT2D eigenvalue weighted by Gasteiger charge is -2.27. The van der Waals surface area contributed by atoms with Crippen molar-refractivity contribution in [2.75, 3.05) is 51.1 Å². The molecule has 3 N–H and O–H groups in total. The second kappa shape index (κ2) is 9.75. The zero-order valence-corrected chi connectivity index (χ0v) is 17.1. The van der Waals surface area contributed by atoms with Gasteiger partial charge in [-0.25, -0.2) is 9.97 Å². The Morgan fingerprint density at radius 2 is 2.07 bits per heavy atom. The molecule has 1 fully saturated rings. The summed E-state index contributed by atoms with van der Waals surface area (Å²) in [6.45, 7) is 6.80. The van der Waals surface area contributed by atoms with Crippen molar-refractivity contribution in [2.24, 2.45) is 9.98 Å². The minimum atomic E-state index is 0.204. The highest BCUT2D eigenvalue weighted by atomic mass is 16.5. The van der Waals surface area contributed by atoms with Gasteiger partial charge >= 0.3 is 0 Å². The molecule has 1 aliphatic rings. The first-order valence-electron chi connectivity index (χ1n) is 9.41. The van der Waals surface area contributed by atoms with Gasteiger partial charge in [0.1, 0.15) is 12.1 Å². The topological polar surface area (TPSA) is 122 Å². The molecular weight excluding hydrogens is 382 g/mol. The number of nitrogens with one attached hydrogen (secondary N) is 1. The van der Waals surface area contributed by atoms with Gasteiger partial charge in [-0.1, -0.05) is 12.6 Å². The van der Waals surface area contributed by atoms with Crippen LogP contribution in [0.15, 0.2) is 47.2 Å². The average Bonchev–Trinajstić information content (AvgIpc) is 2.80. The van der Waals surface area contributed by atoms with Gasteiger partial charge in [0.2, 0.25) is 5.90 Å². The van der Waals surface area contributed by atoms with Gasteiger partial charge in [-0.05, 0) is 12.1 Å². The summed E-state index contributed by atoms with van der Waals surface area (Å²) in [6.07, 6.45) is 2.96. The van der Waals surface area contributed by atoms with Crippen molar-refractivity contribution in [1.29, 1.82) is 5.41 Å². The van der Waals surface area contributed by atoms with Crippen LogP contribution in [0.4, 0.5) is 11.5 Å². The van der Waals surface area contributed by atoms with Gasteiger partial charge in [-0.3, -0.25) is 15.4 Å². The largest absolute Gasteiger partial charge is 0.480 e. The normalized spacial score (nSPS) is 14.7. The fourth-order valence-corrected chi connectivity index (χ4v) is 2.95. The molecule has 1 aromatic heterocycles. The smallest absolute Gasteiger partial charge is 0.227 e. The summed E-state index contributed by atoms with van der Waals surface area (Å²) in [4.78, 5) is 19.0. The van der Waals surface area contributed by atoms with E-state index in [1.165, 1.54) is 19.7 Å². The molecule has 0 amide bonds. The number of benzene rings is 1. The maximum Gasteiger partial charge on any atom is 0.227 e. The van der Waals surface area contributed by atoms with E-state index in [4.69, 9.17) is 20.6 Å². The highest BCUT2D eigenvalue weighted by molar-refractivity contribution is 6.27. The molecular formula is C21H25N7O2. The first-order chi connectivity index (χ1) is 14.5. The van der Waals surface area contributed by atoms with E-state index in [1.807, 2.05) is 0 Å². The van der Waals surface area contributed by atoms with Crippen molar-refractivity contribution in [3.8, 4) is 0 Å². The molecule has 1 aliphatic heterocycles. The van der Waals surface area contributed by atoms with Gasteiger partial charge in [0, 0.05) is 43.0 Å². The molecule has 1 saturated heterocycles. The Kier molecular flexibility index (Phi) is 6.87. The molecule has 156 valence electrons. The van der Waals surface area contributed by atoms with Crippen LogP contribution in [0.1, 0.15) is 16.8 Å². The number of hydrogen-bond acceptors (Lipinski definition) is 9. The minimum Gasteiger partial charge on any atom is -0.480 e. The summed E-state index contributed by atoms with van der Waals surface area (Å²) in [6, 6.07) is 7.12. The fourth-order valence-electron chi connectivity index (χ4n) is 2.95. The number of aliphatic imine (C=N–C) groups is 2. The summed E-state index contributed by atoms with van der Waals surface area (Å²) >= 11 is 0. The molecule has 1 aromatic carbocycles. The van der Waals surface area contributed by atoms with Crippen LogP contribution in [-0.4, -0.2) is 68.3 Å². The predicted octanol–water partition coefficient (Wildman–Crippen LogP) is 2.03. The van der Waals surface area contributed by atoms with Crippen molar-refractivity contribution < 1.29 is 9.47 Å². The number of ether oxygens (including phenoxy) is 2. The minimum absolute atomic E-state index is 0.204. The van der Waals surface area contributed by atoms with E-state index in [0.717, 1.165) is 24.5 Å². The van der Waals surface area contributed by atoms with E-state index >= 15 is 0 Å². The molecule has 9 nitrogen and oxygen atoms in total. The maximum atomic E-state index is 8.67. The molecule has 0 unspecified atom stereocenters. The highest BCUT2D eigenvalue weighted by Crippen LogP contribution is 2.23. The molecule has 0 spiro atoms.